The normalized spacial score (nSPS) is 29.8. The maximum atomic E-state index is 10.6. The number of hydrogen-bond donors (Lipinski definition) is 1. The van der Waals surface area contributed by atoms with E-state index in [1.807, 2.05) is 0 Å². The Labute approximate surface area is 127 Å². The van der Waals surface area contributed by atoms with Crippen LogP contribution in [-0.4, -0.2) is 35.3 Å². The molecule has 2 heterocycles. The number of nitrogens with zero attached hydrogens (tertiary/aromatic N) is 1. The maximum absolute atomic E-state index is 10.6. The second-order valence-corrected chi connectivity index (χ2v) is 6.34. The van der Waals surface area contributed by atoms with Gasteiger partial charge >= 0.3 is 0 Å². The van der Waals surface area contributed by atoms with Crippen molar-refractivity contribution in [2.75, 3.05) is 13.2 Å². The minimum absolute atomic E-state index is 0.102. The largest absolute Gasteiger partial charge is 0.490 e. The summed E-state index contributed by atoms with van der Waals surface area (Å²) in [6.45, 7) is 5.94. The second kappa shape index (κ2) is 6.37. The number of rotatable bonds is 3. The molecule has 0 spiro atoms. The van der Waals surface area contributed by atoms with Crippen molar-refractivity contribution in [2.45, 2.75) is 64.1 Å². The molecular formula is C18H27NO2. The molecule has 2 aliphatic rings. The van der Waals surface area contributed by atoms with Gasteiger partial charge in [-0.1, -0.05) is 32.4 Å². The van der Waals surface area contributed by atoms with E-state index in [0.717, 1.165) is 25.1 Å². The molecule has 1 aromatic carbocycles. The Morgan fingerprint density at radius 3 is 2.90 bits per heavy atom. The van der Waals surface area contributed by atoms with E-state index in [-0.39, 0.29) is 6.04 Å². The molecular weight excluding hydrogens is 262 g/mol. The fraction of sp³-hybridized carbons (Fsp3) is 0.667. The number of benzene rings is 1. The highest BCUT2D eigenvalue weighted by Crippen LogP contribution is 2.40. The third kappa shape index (κ3) is 2.82. The lowest BCUT2D eigenvalue weighted by Crippen LogP contribution is -2.48. The van der Waals surface area contributed by atoms with Crippen LogP contribution in [0.1, 0.15) is 56.7 Å². The Bertz CT molecular complexity index is 488. The number of piperidine rings is 1. The van der Waals surface area contributed by atoms with Crippen molar-refractivity contribution in [1.82, 2.24) is 4.90 Å². The highest BCUT2D eigenvalue weighted by Gasteiger charge is 2.37. The molecule has 0 radical (unpaired) electrons. The van der Waals surface area contributed by atoms with Crippen LogP contribution in [-0.2, 0) is 6.42 Å². The van der Waals surface area contributed by atoms with Gasteiger partial charge in [0, 0.05) is 11.6 Å². The van der Waals surface area contributed by atoms with Gasteiger partial charge in [-0.2, -0.15) is 0 Å². The van der Waals surface area contributed by atoms with E-state index in [4.69, 9.17) is 4.74 Å². The Balaban J connectivity index is 1.97. The highest BCUT2D eigenvalue weighted by molar-refractivity contribution is 5.42. The van der Waals surface area contributed by atoms with Gasteiger partial charge in [0.25, 0.3) is 0 Å². The summed E-state index contributed by atoms with van der Waals surface area (Å²) in [5, 5.41) is 10.6. The van der Waals surface area contributed by atoms with Crippen molar-refractivity contribution in [3.8, 4) is 5.75 Å². The number of ether oxygens (including phenoxy) is 1. The summed E-state index contributed by atoms with van der Waals surface area (Å²) in [4.78, 5) is 2.54. The Hall–Kier alpha value is -1.06. The molecule has 2 aliphatic heterocycles. The lowest BCUT2D eigenvalue weighted by atomic mass is 9.89. The number of hydrogen-bond acceptors (Lipinski definition) is 3. The first-order valence-corrected chi connectivity index (χ1v) is 8.44. The molecule has 3 unspecified atom stereocenters. The quantitative estimate of drug-likeness (QED) is 0.926. The molecule has 0 saturated carbocycles. The van der Waals surface area contributed by atoms with Gasteiger partial charge in [0.2, 0.25) is 0 Å². The van der Waals surface area contributed by atoms with Gasteiger partial charge in [0.1, 0.15) is 18.5 Å². The van der Waals surface area contributed by atoms with Crippen molar-refractivity contribution in [1.29, 1.82) is 0 Å². The molecule has 0 amide bonds. The van der Waals surface area contributed by atoms with Crippen molar-refractivity contribution >= 4 is 0 Å². The summed E-state index contributed by atoms with van der Waals surface area (Å²) in [6, 6.07) is 7.16. The molecule has 1 fully saturated rings. The molecule has 116 valence electrons. The predicted molar refractivity (Wildman–Crippen MR) is 84.7 cm³/mol. The topological polar surface area (TPSA) is 32.7 Å². The van der Waals surface area contributed by atoms with Crippen LogP contribution in [0.2, 0.25) is 0 Å². The Kier molecular flexibility index (Phi) is 4.51. The van der Waals surface area contributed by atoms with Gasteiger partial charge in [0.15, 0.2) is 0 Å². The van der Waals surface area contributed by atoms with Gasteiger partial charge in [-0.3, -0.25) is 4.90 Å². The van der Waals surface area contributed by atoms with E-state index in [0.29, 0.717) is 12.6 Å². The molecule has 0 aliphatic carbocycles. The summed E-state index contributed by atoms with van der Waals surface area (Å²) < 4.78 is 5.75. The van der Waals surface area contributed by atoms with Crippen molar-refractivity contribution < 1.29 is 9.84 Å². The summed E-state index contributed by atoms with van der Waals surface area (Å²) in [7, 11) is 0. The lowest BCUT2D eigenvalue weighted by molar-refractivity contribution is -0.0291. The number of aliphatic hydroxyl groups is 1. The fourth-order valence-electron chi connectivity index (χ4n) is 3.88. The Morgan fingerprint density at radius 2 is 2.14 bits per heavy atom. The van der Waals surface area contributed by atoms with Gasteiger partial charge in [-0.15, -0.1) is 0 Å². The predicted octanol–water partition coefficient (Wildman–Crippen LogP) is 3.31. The molecule has 3 atom stereocenters. The minimum Gasteiger partial charge on any atom is -0.490 e. The average Bonchev–Trinajstić information content (AvgIpc) is 2.54. The summed E-state index contributed by atoms with van der Waals surface area (Å²) in [5.41, 5.74) is 2.51. The first-order valence-electron chi connectivity index (χ1n) is 8.44. The summed E-state index contributed by atoms with van der Waals surface area (Å²) in [6.07, 6.45) is 5.57. The van der Waals surface area contributed by atoms with Crippen LogP contribution in [0.5, 0.6) is 5.75 Å². The smallest absolute Gasteiger partial charge is 0.124 e. The monoisotopic (exact) mass is 289 g/mol. The van der Waals surface area contributed by atoms with E-state index in [2.05, 4.69) is 36.9 Å². The molecule has 0 bridgehead atoms. The zero-order valence-electron chi connectivity index (χ0n) is 13.2. The molecule has 1 saturated heterocycles. The summed E-state index contributed by atoms with van der Waals surface area (Å²) in [5.74, 6) is 0.961. The number of likely N-dealkylation sites (tertiary alicyclic amines) is 1. The van der Waals surface area contributed by atoms with Crippen molar-refractivity contribution in [3.05, 3.63) is 29.3 Å². The van der Waals surface area contributed by atoms with Crippen LogP contribution < -0.4 is 4.74 Å². The van der Waals surface area contributed by atoms with Crippen LogP contribution in [0.15, 0.2) is 18.2 Å². The lowest BCUT2D eigenvalue weighted by Gasteiger charge is -2.45. The molecule has 1 aromatic rings. The van der Waals surface area contributed by atoms with Gasteiger partial charge < -0.3 is 9.84 Å². The van der Waals surface area contributed by atoms with Gasteiger partial charge in [-0.05, 0) is 43.9 Å². The molecule has 3 nitrogen and oxygen atoms in total. The van der Waals surface area contributed by atoms with Crippen molar-refractivity contribution in [2.24, 2.45) is 0 Å². The van der Waals surface area contributed by atoms with Crippen LogP contribution >= 0.6 is 0 Å². The van der Waals surface area contributed by atoms with E-state index in [1.54, 1.807) is 0 Å². The summed E-state index contributed by atoms with van der Waals surface area (Å²) >= 11 is 0. The SMILES string of the molecule is CCc1ccc2c(c1)C(N1CCCCC1CC)C(O)CO2. The standard InChI is InChI=1S/C18H27NO2/c1-3-13-8-9-17-15(11-13)18(16(20)12-21-17)19-10-6-5-7-14(19)4-2/h8-9,11,14,16,18,20H,3-7,10,12H2,1-2H3. The van der Waals surface area contributed by atoms with E-state index in [9.17, 15) is 5.11 Å². The number of aliphatic hydroxyl groups excluding tert-OH is 1. The minimum atomic E-state index is -0.420. The molecule has 21 heavy (non-hydrogen) atoms. The van der Waals surface area contributed by atoms with Crippen LogP contribution in [0.4, 0.5) is 0 Å². The fourth-order valence-corrected chi connectivity index (χ4v) is 3.88. The molecule has 1 N–H and O–H groups in total. The molecule has 0 aromatic heterocycles. The first-order chi connectivity index (χ1) is 10.2. The van der Waals surface area contributed by atoms with Crippen LogP contribution in [0, 0.1) is 0 Å². The maximum Gasteiger partial charge on any atom is 0.124 e. The number of fused-ring (bicyclic) bond motifs is 1. The van der Waals surface area contributed by atoms with Gasteiger partial charge in [0.05, 0.1) is 6.04 Å². The number of aryl methyl sites for hydroxylation is 1. The van der Waals surface area contributed by atoms with E-state index < -0.39 is 6.10 Å². The molecule has 3 rings (SSSR count). The highest BCUT2D eigenvalue weighted by atomic mass is 16.5. The third-order valence-electron chi connectivity index (χ3n) is 5.08. The second-order valence-electron chi connectivity index (χ2n) is 6.34. The zero-order chi connectivity index (χ0) is 14.8. The van der Waals surface area contributed by atoms with Gasteiger partial charge in [-0.25, -0.2) is 0 Å². The average molecular weight is 289 g/mol. The third-order valence-corrected chi connectivity index (χ3v) is 5.08. The van der Waals surface area contributed by atoms with E-state index in [1.165, 1.54) is 30.4 Å². The van der Waals surface area contributed by atoms with E-state index >= 15 is 0 Å². The Morgan fingerprint density at radius 1 is 1.29 bits per heavy atom. The first kappa shape index (κ1) is 14.9. The zero-order valence-corrected chi connectivity index (χ0v) is 13.2. The van der Waals surface area contributed by atoms with Crippen LogP contribution in [0.3, 0.4) is 0 Å². The molecule has 3 heteroatoms. The van der Waals surface area contributed by atoms with Crippen LogP contribution in [0.25, 0.3) is 0 Å². The van der Waals surface area contributed by atoms with Crippen molar-refractivity contribution in [3.63, 3.8) is 0 Å².